The van der Waals surface area contributed by atoms with Gasteiger partial charge in [0.1, 0.15) is 5.82 Å². The zero-order valence-corrected chi connectivity index (χ0v) is 18.5. The Morgan fingerprint density at radius 2 is 2.11 bits per heavy atom. The molecule has 1 fully saturated rings. The predicted octanol–water partition coefficient (Wildman–Crippen LogP) is 3.14. The second kappa shape index (κ2) is 8.27. The Labute approximate surface area is 175 Å². The maximum Gasteiger partial charge on any atom is 0.252 e. The molecule has 1 aliphatic rings. The summed E-state index contributed by atoms with van der Waals surface area (Å²) >= 11 is 3.42. The minimum absolute atomic E-state index is 0.163. The number of rotatable bonds is 4. The fraction of sp³-hybridized carbons (Fsp3) is 0.476. The Kier molecular flexibility index (Phi) is 6.17. The third-order valence-corrected chi connectivity index (χ3v) is 6.23. The van der Waals surface area contributed by atoms with Gasteiger partial charge in [0.15, 0.2) is 0 Å². The fourth-order valence-corrected chi connectivity index (χ4v) is 4.16. The van der Waals surface area contributed by atoms with Crippen molar-refractivity contribution in [3.8, 4) is 0 Å². The van der Waals surface area contributed by atoms with Crippen molar-refractivity contribution in [3.63, 3.8) is 0 Å². The van der Waals surface area contributed by atoms with Crippen LogP contribution in [0.4, 0.5) is 0 Å². The van der Waals surface area contributed by atoms with Gasteiger partial charge in [-0.1, -0.05) is 22.0 Å². The normalized spacial score (nSPS) is 25.0. The summed E-state index contributed by atoms with van der Waals surface area (Å²) in [7, 11) is 4.15. The average molecular weight is 446 g/mol. The number of nitrogens with two attached hydrogens (primary N) is 1. The van der Waals surface area contributed by atoms with Crippen LogP contribution in [0, 0.1) is 13.8 Å². The smallest absolute Gasteiger partial charge is 0.252 e. The Morgan fingerprint density at radius 1 is 1.36 bits per heavy atom. The van der Waals surface area contributed by atoms with Gasteiger partial charge in [-0.15, -0.1) is 0 Å². The molecular weight excluding hydrogens is 418 g/mol. The number of carbonyl (C=O) groups excluding carboxylic acids is 1. The number of amides is 1. The number of nitrogens with zero attached hydrogens (tertiary/aromatic N) is 3. The first-order valence-electron chi connectivity index (χ1n) is 9.53. The van der Waals surface area contributed by atoms with E-state index >= 15 is 0 Å². The molecule has 0 bridgehead atoms. The van der Waals surface area contributed by atoms with Crippen molar-refractivity contribution in [1.29, 1.82) is 0 Å². The highest BCUT2D eigenvalue weighted by Gasteiger charge is 2.44. The highest BCUT2D eigenvalue weighted by Crippen LogP contribution is 2.38. The topological polar surface area (TPSA) is 84.1 Å². The summed E-state index contributed by atoms with van der Waals surface area (Å²) in [6.07, 6.45) is 4.21. The van der Waals surface area contributed by atoms with E-state index in [4.69, 9.17) is 10.7 Å². The largest absolute Gasteiger partial charge is 0.333 e. The number of nitrogens with one attached hydrogen (secondary N) is 1. The van der Waals surface area contributed by atoms with Crippen LogP contribution in [0.15, 0.2) is 34.9 Å². The van der Waals surface area contributed by atoms with Crippen LogP contribution in [0.1, 0.15) is 52.6 Å². The molecule has 150 valence electrons. The number of halogens is 1. The van der Waals surface area contributed by atoms with Crippen molar-refractivity contribution >= 4 is 21.8 Å². The van der Waals surface area contributed by atoms with Crippen LogP contribution in [-0.4, -0.2) is 46.6 Å². The molecule has 1 aromatic carbocycles. The molecule has 0 saturated heterocycles. The minimum Gasteiger partial charge on any atom is -0.333 e. The lowest BCUT2D eigenvalue weighted by molar-refractivity contribution is 0.0778. The first-order chi connectivity index (χ1) is 13.2. The Bertz CT molecular complexity index is 872. The standard InChI is InChI=1S/C21H28BrN5O/c1-13-12-24-19(25-14(13)2)18-11-17(27(3)4)8-9-21(18,23)26-20(28)15-6-5-7-16(22)10-15/h5-7,10,12,17-18H,8-9,11,23H2,1-4H3,(H,26,28). The van der Waals surface area contributed by atoms with E-state index in [-0.39, 0.29) is 11.8 Å². The third-order valence-electron chi connectivity index (χ3n) is 5.74. The van der Waals surface area contributed by atoms with Gasteiger partial charge in [-0.2, -0.15) is 0 Å². The molecule has 1 aromatic heterocycles. The van der Waals surface area contributed by atoms with Crippen molar-refractivity contribution < 1.29 is 4.79 Å². The van der Waals surface area contributed by atoms with Gasteiger partial charge < -0.3 is 16.0 Å². The van der Waals surface area contributed by atoms with Crippen molar-refractivity contribution in [2.24, 2.45) is 5.73 Å². The first kappa shape index (κ1) is 20.9. The molecule has 0 spiro atoms. The summed E-state index contributed by atoms with van der Waals surface area (Å²) in [5.74, 6) is 0.358. The number of hydrogen-bond acceptors (Lipinski definition) is 5. The van der Waals surface area contributed by atoms with E-state index in [9.17, 15) is 4.79 Å². The molecule has 0 radical (unpaired) electrons. The Morgan fingerprint density at radius 3 is 2.75 bits per heavy atom. The number of carbonyl (C=O) groups is 1. The molecule has 1 amide bonds. The third kappa shape index (κ3) is 4.42. The highest BCUT2D eigenvalue weighted by atomic mass is 79.9. The molecule has 1 heterocycles. The van der Waals surface area contributed by atoms with Gasteiger partial charge in [-0.3, -0.25) is 4.79 Å². The van der Waals surface area contributed by atoms with Crippen LogP contribution in [0.25, 0.3) is 0 Å². The quantitative estimate of drug-likeness (QED) is 0.706. The van der Waals surface area contributed by atoms with Crippen LogP contribution < -0.4 is 11.1 Å². The molecule has 3 unspecified atom stereocenters. The second-order valence-corrected chi connectivity index (χ2v) is 8.86. The molecule has 3 N–H and O–H groups in total. The van der Waals surface area contributed by atoms with E-state index in [0.29, 0.717) is 23.9 Å². The molecule has 1 aliphatic carbocycles. The van der Waals surface area contributed by atoms with Gasteiger partial charge in [0, 0.05) is 28.0 Å². The van der Waals surface area contributed by atoms with E-state index in [0.717, 1.165) is 28.6 Å². The molecule has 3 atom stereocenters. The van der Waals surface area contributed by atoms with Crippen LogP contribution in [0.3, 0.4) is 0 Å². The maximum absolute atomic E-state index is 12.9. The van der Waals surface area contributed by atoms with Crippen molar-refractivity contribution in [2.75, 3.05) is 14.1 Å². The van der Waals surface area contributed by atoms with Crippen LogP contribution in [0.5, 0.6) is 0 Å². The SMILES string of the molecule is Cc1cnc(C2CC(N(C)C)CCC2(N)NC(=O)c2cccc(Br)c2)nc1C. The van der Waals surface area contributed by atoms with Crippen LogP contribution in [-0.2, 0) is 0 Å². The van der Waals surface area contributed by atoms with Gasteiger partial charge in [0.25, 0.3) is 5.91 Å². The summed E-state index contributed by atoms with van der Waals surface area (Å²) in [6.45, 7) is 3.97. The highest BCUT2D eigenvalue weighted by molar-refractivity contribution is 9.10. The Hall–Kier alpha value is -1.83. The monoisotopic (exact) mass is 445 g/mol. The molecular formula is C21H28BrN5O. The van der Waals surface area contributed by atoms with E-state index in [1.165, 1.54) is 0 Å². The summed E-state index contributed by atoms with van der Waals surface area (Å²) in [6, 6.07) is 7.69. The lowest BCUT2D eigenvalue weighted by Gasteiger charge is -2.45. The van der Waals surface area contributed by atoms with E-state index in [1.807, 2.05) is 32.2 Å². The molecule has 7 heteroatoms. The zero-order chi connectivity index (χ0) is 20.5. The van der Waals surface area contributed by atoms with Crippen molar-refractivity contribution in [2.45, 2.75) is 50.7 Å². The van der Waals surface area contributed by atoms with Crippen LogP contribution in [0.2, 0.25) is 0 Å². The minimum atomic E-state index is -0.895. The summed E-state index contributed by atoms with van der Waals surface area (Å²) in [5.41, 5.74) is 8.49. The predicted molar refractivity (Wildman–Crippen MR) is 114 cm³/mol. The molecule has 0 aliphatic heterocycles. The maximum atomic E-state index is 12.9. The number of aryl methyl sites for hydroxylation is 2. The fourth-order valence-electron chi connectivity index (χ4n) is 3.76. The molecule has 1 saturated carbocycles. The molecule has 28 heavy (non-hydrogen) atoms. The van der Waals surface area contributed by atoms with Crippen molar-refractivity contribution in [3.05, 3.63) is 57.6 Å². The van der Waals surface area contributed by atoms with Crippen LogP contribution >= 0.6 is 15.9 Å². The Balaban J connectivity index is 1.93. The first-order valence-corrected chi connectivity index (χ1v) is 10.3. The second-order valence-electron chi connectivity index (χ2n) is 7.95. The number of hydrogen-bond donors (Lipinski definition) is 2. The molecule has 2 aromatic rings. The number of aromatic nitrogens is 2. The van der Waals surface area contributed by atoms with E-state index < -0.39 is 5.66 Å². The van der Waals surface area contributed by atoms with E-state index in [2.05, 4.69) is 45.2 Å². The lowest BCUT2D eigenvalue weighted by Crippen LogP contribution is -2.63. The lowest BCUT2D eigenvalue weighted by atomic mass is 9.75. The van der Waals surface area contributed by atoms with Crippen molar-refractivity contribution in [1.82, 2.24) is 20.2 Å². The molecule has 6 nitrogen and oxygen atoms in total. The van der Waals surface area contributed by atoms with Gasteiger partial charge in [-0.25, -0.2) is 9.97 Å². The summed E-state index contributed by atoms with van der Waals surface area (Å²) in [4.78, 5) is 24.4. The zero-order valence-electron chi connectivity index (χ0n) is 16.9. The van der Waals surface area contributed by atoms with Gasteiger partial charge in [0.05, 0.1) is 11.6 Å². The summed E-state index contributed by atoms with van der Waals surface area (Å²) < 4.78 is 0.858. The van der Waals surface area contributed by atoms with E-state index in [1.54, 1.807) is 12.1 Å². The van der Waals surface area contributed by atoms with Gasteiger partial charge in [0.2, 0.25) is 0 Å². The summed E-state index contributed by atoms with van der Waals surface area (Å²) in [5, 5.41) is 3.10. The van der Waals surface area contributed by atoms with Gasteiger partial charge >= 0.3 is 0 Å². The van der Waals surface area contributed by atoms with Gasteiger partial charge in [-0.05, 0) is 71.0 Å². The molecule has 3 rings (SSSR count). The average Bonchev–Trinajstić information content (AvgIpc) is 2.64. The number of benzene rings is 1.